The number of benzene rings is 1. The van der Waals surface area contributed by atoms with Crippen molar-refractivity contribution in [2.75, 3.05) is 5.75 Å². The molecule has 8 heteroatoms. The highest BCUT2D eigenvalue weighted by molar-refractivity contribution is 7.99. The van der Waals surface area contributed by atoms with Crippen LogP contribution in [0.15, 0.2) is 46.9 Å². The molecule has 1 amide bonds. The highest BCUT2D eigenvalue weighted by Crippen LogP contribution is 2.29. The standard InChI is InChI=1S/C22H27N5O2S/c1-4-12-26-20(29)16-9-5-6-11-18(16)27-21(26)24-25-22(27)30-13-19(28)23-17-10-7-8-14(2)15(17)3/h4-6,9,11,14-15,17H,1,7-8,10,12-13H2,2-3H3,(H,23,28)/t14-,15+,17+/m0/s1. The van der Waals surface area contributed by atoms with Gasteiger partial charge < -0.3 is 5.32 Å². The Kier molecular flexibility index (Phi) is 5.94. The van der Waals surface area contributed by atoms with E-state index in [4.69, 9.17) is 0 Å². The largest absolute Gasteiger partial charge is 0.352 e. The first kappa shape index (κ1) is 20.7. The number of para-hydroxylation sites is 1. The molecule has 0 aliphatic heterocycles. The molecule has 1 fully saturated rings. The number of carbonyl (C=O) groups excluding carboxylic acids is 1. The quantitative estimate of drug-likeness (QED) is 0.484. The third-order valence-corrected chi connectivity index (χ3v) is 7.10. The summed E-state index contributed by atoms with van der Waals surface area (Å²) in [4.78, 5) is 25.5. The monoisotopic (exact) mass is 425 g/mol. The van der Waals surface area contributed by atoms with Gasteiger partial charge in [-0.05, 0) is 30.4 Å². The van der Waals surface area contributed by atoms with Crippen molar-refractivity contribution < 1.29 is 4.79 Å². The molecule has 7 nitrogen and oxygen atoms in total. The summed E-state index contributed by atoms with van der Waals surface area (Å²) in [5.74, 6) is 1.83. The summed E-state index contributed by atoms with van der Waals surface area (Å²) in [6.07, 6.45) is 5.09. The fourth-order valence-corrected chi connectivity index (χ4v) is 5.04. The minimum atomic E-state index is -0.125. The molecule has 0 unspecified atom stereocenters. The van der Waals surface area contributed by atoms with Crippen LogP contribution in [0.25, 0.3) is 16.7 Å². The molecular formula is C22H27N5O2S. The van der Waals surface area contributed by atoms with Crippen molar-refractivity contribution in [2.24, 2.45) is 11.8 Å². The minimum Gasteiger partial charge on any atom is -0.352 e. The minimum absolute atomic E-state index is 0.00594. The van der Waals surface area contributed by atoms with Crippen LogP contribution in [-0.2, 0) is 11.3 Å². The molecule has 4 rings (SSSR count). The first-order valence-electron chi connectivity index (χ1n) is 10.4. The van der Waals surface area contributed by atoms with Gasteiger partial charge >= 0.3 is 0 Å². The number of aromatic nitrogens is 4. The first-order chi connectivity index (χ1) is 14.5. The summed E-state index contributed by atoms with van der Waals surface area (Å²) in [6, 6.07) is 7.62. The fraction of sp³-hybridized carbons (Fsp3) is 0.455. The van der Waals surface area contributed by atoms with Gasteiger partial charge in [-0.1, -0.05) is 56.7 Å². The summed E-state index contributed by atoms with van der Waals surface area (Å²) in [7, 11) is 0. The number of rotatable bonds is 6. The summed E-state index contributed by atoms with van der Waals surface area (Å²) in [6.45, 7) is 8.56. The topological polar surface area (TPSA) is 81.3 Å². The number of fused-ring (bicyclic) bond motifs is 3. The van der Waals surface area contributed by atoms with Crippen LogP contribution in [0.3, 0.4) is 0 Å². The summed E-state index contributed by atoms with van der Waals surface area (Å²) >= 11 is 1.34. The zero-order valence-electron chi connectivity index (χ0n) is 17.4. The number of thioether (sulfide) groups is 1. The van der Waals surface area contributed by atoms with Gasteiger partial charge in [0, 0.05) is 12.6 Å². The van der Waals surface area contributed by atoms with Crippen molar-refractivity contribution in [2.45, 2.75) is 50.9 Å². The summed E-state index contributed by atoms with van der Waals surface area (Å²) < 4.78 is 3.40. The first-order valence-corrected chi connectivity index (χ1v) is 11.4. The molecule has 0 saturated heterocycles. The highest BCUT2D eigenvalue weighted by Gasteiger charge is 2.28. The number of hydrogen-bond acceptors (Lipinski definition) is 5. The Labute approximate surface area is 179 Å². The smallest absolute Gasteiger partial charge is 0.263 e. The summed E-state index contributed by atoms with van der Waals surface area (Å²) in [5, 5.41) is 12.9. The molecule has 2 heterocycles. The second kappa shape index (κ2) is 8.63. The molecule has 30 heavy (non-hydrogen) atoms. The van der Waals surface area contributed by atoms with Gasteiger partial charge in [0.1, 0.15) is 0 Å². The number of allylic oxidation sites excluding steroid dienone is 1. The van der Waals surface area contributed by atoms with Crippen molar-refractivity contribution >= 4 is 34.3 Å². The maximum atomic E-state index is 12.8. The number of nitrogens with zero attached hydrogens (tertiary/aromatic N) is 4. The zero-order valence-corrected chi connectivity index (χ0v) is 18.2. The average molecular weight is 426 g/mol. The molecule has 0 bridgehead atoms. The van der Waals surface area contributed by atoms with Crippen molar-refractivity contribution in [1.82, 2.24) is 24.5 Å². The van der Waals surface area contributed by atoms with Gasteiger partial charge in [-0.25, -0.2) is 0 Å². The predicted molar refractivity (Wildman–Crippen MR) is 120 cm³/mol. The fourth-order valence-electron chi connectivity index (χ4n) is 4.28. The molecule has 0 radical (unpaired) electrons. The Morgan fingerprint density at radius 3 is 2.90 bits per heavy atom. The van der Waals surface area contributed by atoms with Crippen LogP contribution in [0, 0.1) is 11.8 Å². The number of nitrogens with one attached hydrogen (secondary N) is 1. The van der Waals surface area contributed by atoms with E-state index in [1.807, 2.05) is 22.6 Å². The van der Waals surface area contributed by atoms with E-state index in [1.165, 1.54) is 18.2 Å². The lowest BCUT2D eigenvalue weighted by atomic mass is 9.78. The van der Waals surface area contributed by atoms with Gasteiger partial charge in [-0.15, -0.1) is 16.8 Å². The SMILES string of the molecule is C=CCn1c(=O)c2ccccc2n2c(SCC(=O)N[C@@H]3CCC[C@H](C)[C@H]3C)nnc12. The third-order valence-electron chi connectivity index (χ3n) is 6.18. The van der Waals surface area contributed by atoms with Crippen molar-refractivity contribution in [1.29, 1.82) is 0 Å². The summed E-state index contributed by atoms with van der Waals surface area (Å²) in [5.41, 5.74) is 0.612. The Hall–Kier alpha value is -2.61. The highest BCUT2D eigenvalue weighted by atomic mass is 32.2. The van der Waals surface area contributed by atoms with Crippen molar-refractivity contribution in [3.63, 3.8) is 0 Å². The van der Waals surface area contributed by atoms with Gasteiger partial charge in [-0.2, -0.15) is 0 Å². The molecular weight excluding hydrogens is 398 g/mol. The number of carbonyl (C=O) groups is 1. The molecule has 1 aliphatic rings. The third kappa shape index (κ3) is 3.76. The molecule has 1 saturated carbocycles. The number of hydrogen-bond donors (Lipinski definition) is 1. The van der Waals surface area contributed by atoms with Crippen LogP contribution >= 0.6 is 11.8 Å². The molecule has 158 valence electrons. The van der Waals surface area contributed by atoms with E-state index in [0.717, 1.165) is 18.4 Å². The predicted octanol–water partition coefficient (Wildman–Crippen LogP) is 3.26. The van der Waals surface area contributed by atoms with Gasteiger partial charge in [0.05, 0.1) is 16.7 Å². The molecule has 1 N–H and O–H groups in total. The Morgan fingerprint density at radius 1 is 1.30 bits per heavy atom. The molecule has 3 aromatic rings. The second-order valence-electron chi connectivity index (χ2n) is 8.07. The van der Waals surface area contributed by atoms with Gasteiger partial charge in [-0.3, -0.25) is 18.6 Å². The molecule has 1 aromatic carbocycles. The van der Waals surface area contributed by atoms with Crippen LogP contribution in [0.4, 0.5) is 0 Å². The van der Waals surface area contributed by atoms with Crippen LogP contribution in [0.5, 0.6) is 0 Å². The Morgan fingerprint density at radius 2 is 2.10 bits per heavy atom. The Balaban J connectivity index is 1.60. The van der Waals surface area contributed by atoms with E-state index in [1.54, 1.807) is 16.7 Å². The lowest BCUT2D eigenvalue weighted by molar-refractivity contribution is -0.120. The normalized spacial score (nSPS) is 21.7. The van der Waals surface area contributed by atoms with Gasteiger partial charge in [0.2, 0.25) is 11.7 Å². The van der Waals surface area contributed by atoms with Crippen LogP contribution < -0.4 is 10.9 Å². The van der Waals surface area contributed by atoms with Gasteiger partial charge in [0.15, 0.2) is 5.16 Å². The molecule has 2 aromatic heterocycles. The average Bonchev–Trinajstić information content (AvgIpc) is 3.17. The van der Waals surface area contributed by atoms with Crippen molar-refractivity contribution in [3.05, 3.63) is 47.3 Å². The van der Waals surface area contributed by atoms with E-state index in [2.05, 4.69) is 35.9 Å². The van der Waals surface area contributed by atoms with Gasteiger partial charge in [0.25, 0.3) is 5.56 Å². The maximum absolute atomic E-state index is 12.8. The van der Waals surface area contributed by atoms with Crippen molar-refractivity contribution in [3.8, 4) is 0 Å². The van der Waals surface area contributed by atoms with E-state index >= 15 is 0 Å². The van der Waals surface area contributed by atoms with E-state index in [0.29, 0.717) is 34.7 Å². The maximum Gasteiger partial charge on any atom is 0.263 e. The lowest BCUT2D eigenvalue weighted by Gasteiger charge is -2.34. The van der Waals surface area contributed by atoms with E-state index in [-0.39, 0.29) is 23.3 Å². The van der Waals surface area contributed by atoms with E-state index in [9.17, 15) is 9.59 Å². The number of amides is 1. The van der Waals surface area contributed by atoms with E-state index < -0.39 is 0 Å². The van der Waals surface area contributed by atoms with Crippen LogP contribution in [0.1, 0.15) is 33.1 Å². The molecule has 3 atom stereocenters. The van der Waals surface area contributed by atoms with Crippen LogP contribution in [0.2, 0.25) is 0 Å². The van der Waals surface area contributed by atoms with Crippen LogP contribution in [-0.4, -0.2) is 36.9 Å². The zero-order chi connectivity index (χ0) is 21.3. The molecule has 1 aliphatic carbocycles. The lowest BCUT2D eigenvalue weighted by Crippen LogP contribution is -2.44. The molecule has 0 spiro atoms. The Bertz CT molecular complexity index is 1150. The second-order valence-corrected chi connectivity index (χ2v) is 9.01.